The first-order valence-electron chi connectivity index (χ1n) is 16.5. The number of thiazole rings is 1. The van der Waals surface area contributed by atoms with Crippen LogP contribution in [-0.4, -0.2) is 63.3 Å². The number of methoxy groups -OCH3 is 1. The lowest BCUT2D eigenvalue weighted by Gasteiger charge is -2.31. The summed E-state index contributed by atoms with van der Waals surface area (Å²) in [7, 11) is 1.48. The third kappa shape index (κ3) is 6.28. The van der Waals surface area contributed by atoms with Gasteiger partial charge in [0.15, 0.2) is 0 Å². The topological polar surface area (TPSA) is 84.9 Å². The van der Waals surface area contributed by atoms with Crippen LogP contribution in [-0.2, 0) is 41.1 Å². The highest BCUT2D eigenvalue weighted by Gasteiger charge is 2.42. The summed E-state index contributed by atoms with van der Waals surface area (Å²) in [5.41, 5.74) is 4.19. The molecule has 4 aromatic rings. The highest BCUT2D eigenvalue weighted by Crippen LogP contribution is 2.56. The Balaban J connectivity index is 1.39. The number of fused-ring (bicyclic) bond motifs is 3. The first-order chi connectivity index (χ1) is 23.8. The number of amides is 2. The molecule has 0 radical (unpaired) electrons. The van der Waals surface area contributed by atoms with Crippen LogP contribution in [0.2, 0.25) is 0 Å². The molecule has 0 fully saturated rings. The van der Waals surface area contributed by atoms with Gasteiger partial charge in [-0.15, -0.1) is 23.1 Å². The lowest BCUT2D eigenvalue weighted by Crippen LogP contribution is -2.39. The normalized spacial score (nSPS) is 18.3. The zero-order valence-electron chi connectivity index (χ0n) is 28.7. The summed E-state index contributed by atoms with van der Waals surface area (Å²) in [6.45, 7) is 12.6. The Labute approximate surface area is 298 Å². The zero-order valence-corrected chi connectivity index (χ0v) is 30.3. The Bertz CT molecular complexity index is 2050. The molecule has 1 unspecified atom stereocenters. The van der Waals surface area contributed by atoms with E-state index in [1.807, 2.05) is 32.9 Å². The molecule has 0 saturated heterocycles. The second-order valence-electron chi connectivity index (χ2n) is 14.0. The number of carbonyl (C=O) groups is 2. The van der Waals surface area contributed by atoms with Crippen molar-refractivity contribution in [2.24, 2.45) is 0 Å². The minimum atomic E-state index is -1.71. The van der Waals surface area contributed by atoms with E-state index in [9.17, 15) is 14.0 Å². The predicted molar refractivity (Wildman–Crippen MR) is 192 cm³/mol. The number of carbonyl (C=O) groups excluding carboxylic acids is 2. The molecule has 0 aliphatic carbocycles. The van der Waals surface area contributed by atoms with Crippen molar-refractivity contribution in [1.82, 2.24) is 19.8 Å². The SMILES string of the molecule is C=CC(=O)N1CCc2nc(-c3nc(-c4ccc5c(c4)CCN(C(=O)OC(C)(C)C)C5)c4c(c3-c3ccc(F)cc3OC)SCC4(C)F)sc2C1. The van der Waals surface area contributed by atoms with Crippen molar-refractivity contribution < 1.29 is 27.8 Å². The molecule has 1 atom stereocenters. The first-order valence-corrected chi connectivity index (χ1v) is 18.3. The maximum atomic E-state index is 16.7. The molecule has 0 spiro atoms. The first kappa shape index (κ1) is 34.2. The van der Waals surface area contributed by atoms with Crippen molar-refractivity contribution in [3.63, 3.8) is 0 Å². The maximum Gasteiger partial charge on any atom is 0.410 e. The molecule has 260 valence electrons. The van der Waals surface area contributed by atoms with Gasteiger partial charge < -0.3 is 19.3 Å². The van der Waals surface area contributed by atoms with Gasteiger partial charge >= 0.3 is 6.09 Å². The van der Waals surface area contributed by atoms with Crippen molar-refractivity contribution in [1.29, 1.82) is 0 Å². The van der Waals surface area contributed by atoms with E-state index in [1.54, 1.807) is 22.8 Å². The number of pyridine rings is 1. The molecule has 8 nitrogen and oxygen atoms in total. The van der Waals surface area contributed by atoms with E-state index in [4.69, 9.17) is 19.4 Å². The van der Waals surface area contributed by atoms with Crippen LogP contribution in [0.15, 0.2) is 53.9 Å². The highest BCUT2D eigenvalue weighted by molar-refractivity contribution is 7.99. The summed E-state index contributed by atoms with van der Waals surface area (Å²) in [6, 6.07) is 10.3. The Morgan fingerprint density at radius 3 is 2.54 bits per heavy atom. The number of rotatable bonds is 5. The second-order valence-corrected chi connectivity index (χ2v) is 16.0. The zero-order chi connectivity index (χ0) is 35.5. The molecule has 12 heteroatoms. The predicted octanol–water partition coefficient (Wildman–Crippen LogP) is 8.34. The number of benzene rings is 2. The third-order valence-corrected chi connectivity index (χ3v) is 11.6. The van der Waals surface area contributed by atoms with E-state index >= 15 is 4.39 Å². The number of aromatic nitrogens is 2. The quantitative estimate of drug-likeness (QED) is 0.192. The fraction of sp³-hybridized carbons (Fsp3) is 0.368. The molecule has 3 aliphatic rings. The van der Waals surface area contributed by atoms with Gasteiger partial charge in [-0.2, -0.15) is 0 Å². The number of alkyl halides is 1. The summed E-state index contributed by atoms with van der Waals surface area (Å²) in [5, 5.41) is 0.632. The van der Waals surface area contributed by atoms with E-state index in [0.29, 0.717) is 82.8 Å². The largest absolute Gasteiger partial charge is 0.496 e. The number of thioether (sulfide) groups is 1. The fourth-order valence-corrected chi connectivity index (χ4v) is 9.24. The molecule has 5 heterocycles. The molecule has 0 N–H and O–H groups in total. The summed E-state index contributed by atoms with van der Waals surface area (Å²) >= 11 is 2.86. The minimum absolute atomic E-state index is 0.138. The molecule has 2 aromatic carbocycles. The Morgan fingerprint density at radius 1 is 1.02 bits per heavy atom. The summed E-state index contributed by atoms with van der Waals surface area (Å²) in [5.74, 6) is -0.101. The average molecular weight is 717 g/mol. The molecular formula is C38H38F2N4O4S2. The van der Waals surface area contributed by atoms with Crippen molar-refractivity contribution in [3.8, 4) is 38.8 Å². The van der Waals surface area contributed by atoms with Crippen molar-refractivity contribution in [3.05, 3.63) is 82.1 Å². The number of halogens is 2. The van der Waals surface area contributed by atoms with Crippen molar-refractivity contribution in [2.75, 3.05) is 26.0 Å². The monoisotopic (exact) mass is 716 g/mol. The van der Waals surface area contributed by atoms with Gasteiger partial charge in [-0.3, -0.25) is 4.79 Å². The van der Waals surface area contributed by atoms with E-state index in [1.165, 1.54) is 48.4 Å². The van der Waals surface area contributed by atoms with Crippen LogP contribution in [0.5, 0.6) is 5.75 Å². The van der Waals surface area contributed by atoms with Gasteiger partial charge in [0.05, 0.1) is 25.0 Å². The van der Waals surface area contributed by atoms with Crippen molar-refractivity contribution in [2.45, 2.75) is 69.8 Å². The van der Waals surface area contributed by atoms with Crippen LogP contribution in [0.25, 0.3) is 33.1 Å². The molecule has 3 aliphatic heterocycles. The van der Waals surface area contributed by atoms with Gasteiger partial charge in [-0.25, -0.2) is 23.5 Å². The van der Waals surface area contributed by atoms with Gasteiger partial charge in [-0.05, 0) is 69.5 Å². The standard InChI is InChI=1S/C38H38F2N4O4S2/c1-7-29(45)43-15-13-26-28(19-43)50-35(41-26)33-30(25-11-10-24(39)17-27(25)47-6)34-31(38(5,40)20-49-34)32(42-33)22-8-9-23-18-44(14-12-21(23)16-22)36(46)48-37(2,3)4/h7-11,16-17H,1,12-15,18-20H2,2-6H3. The van der Waals surface area contributed by atoms with Crippen molar-refractivity contribution >= 4 is 35.1 Å². The Morgan fingerprint density at radius 2 is 1.80 bits per heavy atom. The molecule has 2 amide bonds. The minimum Gasteiger partial charge on any atom is -0.496 e. The van der Waals surface area contributed by atoms with Gasteiger partial charge in [0, 0.05) is 69.9 Å². The maximum absolute atomic E-state index is 16.7. The van der Waals surface area contributed by atoms with Gasteiger partial charge in [0.2, 0.25) is 5.91 Å². The van der Waals surface area contributed by atoms with E-state index in [0.717, 1.165) is 27.3 Å². The number of ether oxygens (including phenoxy) is 2. The molecular weight excluding hydrogens is 679 g/mol. The average Bonchev–Trinajstić information content (AvgIpc) is 3.66. The number of hydrogen-bond acceptors (Lipinski definition) is 8. The molecule has 7 rings (SSSR count). The van der Waals surface area contributed by atoms with Crippen LogP contribution in [0, 0.1) is 5.82 Å². The molecule has 0 bridgehead atoms. The van der Waals surface area contributed by atoms with Crippen LogP contribution < -0.4 is 4.74 Å². The lowest BCUT2D eigenvalue weighted by atomic mass is 9.88. The smallest absolute Gasteiger partial charge is 0.410 e. The molecule has 0 saturated carbocycles. The van der Waals surface area contributed by atoms with Gasteiger partial charge in [0.1, 0.15) is 33.5 Å². The Kier molecular flexibility index (Phi) is 8.74. The summed E-state index contributed by atoms with van der Waals surface area (Å²) in [4.78, 5) is 40.7. The van der Waals surface area contributed by atoms with E-state index < -0.39 is 17.1 Å². The summed E-state index contributed by atoms with van der Waals surface area (Å²) < 4.78 is 42.5. The molecule has 2 aromatic heterocycles. The van der Waals surface area contributed by atoms with E-state index in [2.05, 4.69) is 12.6 Å². The van der Waals surface area contributed by atoms with Crippen LogP contribution in [0.1, 0.15) is 55.0 Å². The fourth-order valence-electron chi connectivity index (χ4n) is 6.75. The van der Waals surface area contributed by atoms with Crippen LogP contribution >= 0.6 is 23.1 Å². The lowest BCUT2D eigenvalue weighted by molar-refractivity contribution is -0.126. The van der Waals surface area contributed by atoms with E-state index in [-0.39, 0.29) is 17.8 Å². The van der Waals surface area contributed by atoms with Gasteiger partial charge in [-0.1, -0.05) is 18.7 Å². The summed E-state index contributed by atoms with van der Waals surface area (Å²) in [6.07, 6.45) is 2.17. The van der Waals surface area contributed by atoms with Gasteiger partial charge in [0.25, 0.3) is 0 Å². The number of hydrogen-bond donors (Lipinski definition) is 0. The second kappa shape index (κ2) is 12.8. The van der Waals surface area contributed by atoms with Crippen LogP contribution in [0.3, 0.4) is 0 Å². The number of nitrogens with zero attached hydrogens (tertiary/aromatic N) is 4. The third-order valence-electron chi connectivity index (χ3n) is 9.16. The Hall–Kier alpha value is -4.29. The molecule has 50 heavy (non-hydrogen) atoms. The highest BCUT2D eigenvalue weighted by atomic mass is 32.2. The van der Waals surface area contributed by atoms with Crippen LogP contribution in [0.4, 0.5) is 13.6 Å².